The van der Waals surface area contributed by atoms with Gasteiger partial charge in [0.05, 0.1) is 0 Å². The predicted octanol–water partition coefficient (Wildman–Crippen LogP) is 3.74. The zero-order valence-corrected chi connectivity index (χ0v) is 11.1. The Bertz CT molecular complexity index is 530. The predicted molar refractivity (Wildman–Crippen MR) is 73.4 cm³/mol. The molecule has 0 unspecified atom stereocenters. The van der Waals surface area contributed by atoms with E-state index in [0.717, 1.165) is 16.4 Å². The molecule has 0 aliphatic heterocycles. The Labute approximate surface area is 106 Å². The molecule has 0 saturated carbocycles. The molecule has 2 N–H and O–H groups in total. The summed E-state index contributed by atoms with van der Waals surface area (Å²) < 4.78 is 0. The molecular formula is C14H16N2S. The molecule has 88 valence electrons. The van der Waals surface area contributed by atoms with Gasteiger partial charge < -0.3 is 5.73 Å². The van der Waals surface area contributed by atoms with Gasteiger partial charge in [-0.15, -0.1) is 0 Å². The number of aromatic nitrogens is 1. The average molecular weight is 244 g/mol. The van der Waals surface area contributed by atoms with Crippen LogP contribution in [0.1, 0.15) is 16.8 Å². The fourth-order valence-corrected chi connectivity index (χ4v) is 2.77. The number of hydrogen-bond donors (Lipinski definition) is 1. The van der Waals surface area contributed by atoms with Crippen molar-refractivity contribution in [2.45, 2.75) is 30.7 Å². The van der Waals surface area contributed by atoms with Crippen LogP contribution in [0.3, 0.4) is 0 Å². The van der Waals surface area contributed by atoms with Gasteiger partial charge in [0.15, 0.2) is 0 Å². The minimum Gasteiger partial charge on any atom is -0.399 e. The molecular weight excluding hydrogens is 228 g/mol. The quantitative estimate of drug-likeness (QED) is 0.818. The van der Waals surface area contributed by atoms with Gasteiger partial charge in [-0.2, -0.15) is 0 Å². The fraction of sp³-hybridized carbons (Fsp3) is 0.214. The van der Waals surface area contributed by atoms with Gasteiger partial charge in [0, 0.05) is 16.3 Å². The van der Waals surface area contributed by atoms with Crippen molar-refractivity contribution in [3.8, 4) is 0 Å². The van der Waals surface area contributed by atoms with Crippen molar-refractivity contribution in [2.24, 2.45) is 0 Å². The largest absolute Gasteiger partial charge is 0.399 e. The minimum atomic E-state index is 0.806. The van der Waals surface area contributed by atoms with Crippen LogP contribution in [0.25, 0.3) is 0 Å². The lowest BCUT2D eigenvalue weighted by atomic mass is 10.2. The van der Waals surface area contributed by atoms with Gasteiger partial charge in [-0.1, -0.05) is 11.8 Å². The van der Waals surface area contributed by atoms with Crippen LogP contribution < -0.4 is 5.73 Å². The molecule has 1 aromatic carbocycles. The van der Waals surface area contributed by atoms with E-state index in [1.54, 1.807) is 11.8 Å². The number of hydrogen-bond acceptors (Lipinski definition) is 3. The third-order valence-electron chi connectivity index (χ3n) is 2.49. The van der Waals surface area contributed by atoms with Gasteiger partial charge >= 0.3 is 0 Å². The Balaban J connectivity index is 2.31. The molecule has 0 spiro atoms. The van der Waals surface area contributed by atoms with E-state index in [1.807, 2.05) is 19.1 Å². The van der Waals surface area contributed by atoms with Crippen molar-refractivity contribution in [2.75, 3.05) is 5.73 Å². The number of pyridine rings is 1. The molecule has 0 bridgehead atoms. The summed E-state index contributed by atoms with van der Waals surface area (Å²) in [5, 5.41) is 1.04. The Kier molecular flexibility index (Phi) is 3.38. The standard InChI is InChI=1S/C14H16N2S/c1-9-6-11(3)16-14(7-9)17-13-5-4-12(15)8-10(13)2/h4-8H,15H2,1-3H3. The summed E-state index contributed by atoms with van der Waals surface area (Å²) in [6.45, 7) is 6.18. The first-order valence-electron chi connectivity index (χ1n) is 5.54. The lowest BCUT2D eigenvalue weighted by molar-refractivity contribution is 1.04. The number of rotatable bonds is 2. The number of nitrogens with zero attached hydrogens (tertiary/aromatic N) is 1. The van der Waals surface area contributed by atoms with Crippen molar-refractivity contribution >= 4 is 17.4 Å². The van der Waals surface area contributed by atoms with Crippen LogP contribution in [-0.2, 0) is 0 Å². The molecule has 3 heteroatoms. The molecule has 0 aliphatic carbocycles. The second-order valence-corrected chi connectivity index (χ2v) is 5.31. The lowest BCUT2D eigenvalue weighted by Crippen LogP contribution is -1.89. The summed E-state index contributed by atoms with van der Waals surface area (Å²) in [5.41, 5.74) is 10.0. The van der Waals surface area contributed by atoms with Crippen molar-refractivity contribution in [1.29, 1.82) is 0 Å². The number of anilines is 1. The highest BCUT2D eigenvalue weighted by Gasteiger charge is 2.04. The van der Waals surface area contributed by atoms with Crippen LogP contribution in [0, 0.1) is 20.8 Å². The molecule has 2 rings (SSSR count). The van der Waals surface area contributed by atoms with E-state index < -0.39 is 0 Å². The van der Waals surface area contributed by atoms with Crippen LogP contribution in [0.15, 0.2) is 40.3 Å². The summed E-state index contributed by atoms with van der Waals surface area (Å²) >= 11 is 1.68. The Morgan fingerprint density at radius 1 is 1.06 bits per heavy atom. The first-order valence-corrected chi connectivity index (χ1v) is 6.35. The van der Waals surface area contributed by atoms with E-state index in [4.69, 9.17) is 5.73 Å². The molecule has 1 aromatic heterocycles. The van der Waals surface area contributed by atoms with E-state index in [9.17, 15) is 0 Å². The first kappa shape index (κ1) is 12.0. The molecule has 2 aromatic rings. The summed E-state index contributed by atoms with van der Waals surface area (Å²) in [6, 6.07) is 10.2. The van der Waals surface area contributed by atoms with Crippen molar-refractivity contribution < 1.29 is 0 Å². The first-order chi connectivity index (χ1) is 8.04. The van der Waals surface area contributed by atoms with Gasteiger partial charge in [0.25, 0.3) is 0 Å². The fourth-order valence-electron chi connectivity index (χ4n) is 1.76. The summed E-state index contributed by atoms with van der Waals surface area (Å²) in [4.78, 5) is 5.73. The van der Waals surface area contributed by atoms with Crippen molar-refractivity contribution in [3.05, 3.63) is 47.2 Å². The third-order valence-corrected chi connectivity index (χ3v) is 3.58. The van der Waals surface area contributed by atoms with Crippen LogP contribution in [0.4, 0.5) is 5.69 Å². The highest BCUT2D eigenvalue weighted by Crippen LogP contribution is 2.30. The smallest absolute Gasteiger partial charge is 0.101 e. The summed E-state index contributed by atoms with van der Waals surface area (Å²) in [7, 11) is 0. The highest BCUT2D eigenvalue weighted by molar-refractivity contribution is 7.99. The zero-order chi connectivity index (χ0) is 12.4. The maximum Gasteiger partial charge on any atom is 0.101 e. The number of nitrogens with two attached hydrogens (primary N) is 1. The van der Waals surface area contributed by atoms with Crippen LogP contribution in [-0.4, -0.2) is 4.98 Å². The lowest BCUT2D eigenvalue weighted by Gasteiger charge is -2.07. The SMILES string of the molecule is Cc1cc(C)nc(Sc2ccc(N)cc2C)c1. The third kappa shape index (κ3) is 3.01. The van der Waals surface area contributed by atoms with Gasteiger partial charge in [-0.05, 0) is 62.2 Å². The Morgan fingerprint density at radius 3 is 2.47 bits per heavy atom. The monoisotopic (exact) mass is 244 g/mol. The van der Waals surface area contributed by atoms with Crippen LogP contribution >= 0.6 is 11.8 Å². The van der Waals surface area contributed by atoms with Crippen molar-refractivity contribution in [1.82, 2.24) is 4.98 Å². The maximum absolute atomic E-state index is 5.74. The van der Waals surface area contributed by atoms with E-state index in [1.165, 1.54) is 16.0 Å². The molecule has 0 radical (unpaired) electrons. The molecule has 0 aliphatic rings. The van der Waals surface area contributed by atoms with E-state index in [0.29, 0.717) is 0 Å². The second-order valence-electron chi connectivity index (χ2n) is 4.25. The van der Waals surface area contributed by atoms with Crippen LogP contribution in [0.2, 0.25) is 0 Å². The molecule has 2 nitrogen and oxygen atoms in total. The van der Waals surface area contributed by atoms with Gasteiger partial charge in [-0.3, -0.25) is 0 Å². The zero-order valence-electron chi connectivity index (χ0n) is 10.3. The van der Waals surface area contributed by atoms with E-state index >= 15 is 0 Å². The number of benzene rings is 1. The number of nitrogen functional groups attached to an aromatic ring is 1. The Morgan fingerprint density at radius 2 is 1.82 bits per heavy atom. The Hall–Kier alpha value is -1.48. The minimum absolute atomic E-state index is 0.806. The van der Waals surface area contributed by atoms with Gasteiger partial charge in [0.2, 0.25) is 0 Å². The maximum atomic E-state index is 5.74. The molecule has 0 amide bonds. The molecule has 1 heterocycles. The van der Waals surface area contributed by atoms with Gasteiger partial charge in [0.1, 0.15) is 5.03 Å². The summed E-state index contributed by atoms with van der Waals surface area (Å²) in [6.07, 6.45) is 0. The molecule has 17 heavy (non-hydrogen) atoms. The van der Waals surface area contributed by atoms with Gasteiger partial charge in [-0.25, -0.2) is 4.98 Å². The number of aryl methyl sites for hydroxylation is 3. The molecule has 0 atom stereocenters. The average Bonchev–Trinajstić information content (AvgIpc) is 2.21. The topological polar surface area (TPSA) is 38.9 Å². The van der Waals surface area contributed by atoms with Crippen LogP contribution in [0.5, 0.6) is 0 Å². The summed E-state index contributed by atoms with van der Waals surface area (Å²) in [5.74, 6) is 0. The molecule has 0 fully saturated rings. The van der Waals surface area contributed by atoms with E-state index in [2.05, 4.69) is 37.0 Å². The molecule has 0 saturated heterocycles. The normalized spacial score (nSPS) is 10.5. The second kappa shape index (κ2) is 4.80. The highest BCUT2D eigenvalue weighted by atomic mass is 32.2. The van der Waals surface area contributed by atoms with E-state index in [-0.39, 0.29) is 0 Å². The van der Waals surface area contributed by atoms with Crippen molar-refractivity contribution in [3.63, 3.8) is 0 Å².